The van der Waals surface area contributed by atoms with E-state index >= 15 is 4.39 Å². The average molecular weight is 471 g/mol. The summed E-state index contributed by atoms with van der Waals surface area (Å²) < 4.78 is 72.2. The van der Waals surface area contributed by atoms with Gasteiger partial charge in [0, 0.05) is 12.5 Å². The number of benzene rings is 1. The number of alkyl halides is 3. The van der Waals surface area contributed by atoms with Gasteiger partial charge in [0.15, 0.2) is 0 Å². The zero-order chi connectivity index (χ0) is 23.6. The summed E-state index contributed by atoms with van der Waals surface area (Å²) in [6.07, 6.45) is 3.89. The summed E-state index contributed by atoms with van der Waals surface area (Å²) in [5, 5.41) is 0. The molecule has 1 saturated heterocycles. The lowest BCUT2D eigenvalue weighted by atomic mass is 9.74. The molecule has 1 aromatic carbocycles. The molecule has 0 aromatic heterocycles. The zero-order valence-corrected chi connectivity index (χ0v) is 19.3. The van der Waals surface area contributed by atoms with E-state index in [2.05, 4.69) is 6.92 Å². The summed E-state index contributed by atoms with van der Waals surface area (Å²) >= 11 is 0. The van der Waals surface area contributed by atoms with Crippen LogP contribution in [0, 0.1) is 23.6 Å². The van der Waals surface area contributed by atoms with Crippen molar-refractivity contribution in [1.29, 1.82) is 0 Å². The van der Waals surface area contributed by atoms with Crippen LogP contribution in [-0.4, -0.2) is 18.9 Å². The highest BCUT2D eigenvalue weighted by Gasteiger charge is 2.33. The summed E-state index contributed by atoms with van der Waals surface area (Å²) in [5.41, 5.74) is 1.66. The number of rotatable bonds is 4. The maximum Gasteiger partial charge on any atom is 0.412 e. The highest BCUT2D eigenvalue weighted by molar-refractivity contribution is 5.30. The van der Waals surface area contributed by atoms with E-state index in [1.807, 2.05) is 12.1 Å². The summed E-state index contributed by atoms with van der Waals surface area (Å²) in [6.45, 7) is 3.10. The van der Waals surface area contributed by atoms with Crippen LogP contribution in [0.4, 0.5) is 22.0 Å². The first-order valence-electron chi connectivity index (χ1n) is 12.6. The summed E-state index contributed by atoms with van der Waals surface area (Å²) in [7, 11) is 0. The van der Waals surface area contributed by atoms with E-state index in [1.165, 1.54) is 6.42 Å². The van der Waals surface area contributed by atoms with Crippen LogP contribution >= 0.6 is 0 Å². The Morgan fingerprint density at radius 3 is 2.15 bits per heavy atom. The Balaban J connectivity index is 1.31. The van der Waals surface area contributed by atoms with E-state index in [1.54, 1.807) is 6.07 Å². The lowest BCUT2D eigenvalue weighted by Crippen LogP contribution is -2.33. The molecule has 33 heavy (non-hydrogen) atoms. The van der Waals surface area contributed by atoms with Gasteiger partial charge in [-0.3, -0.25) is 0 Å². The highest BCUT2D eigenvalue weighted by Crippen LogP contribution is 2.43. The Labute approximate surface area is 193 Å². The molecule has 0 radical (unpaired) electrons. The zero-order valence-electron chi connectivity index (χ0n) is 19.3. The molecule has 0 bridgehead atoms. The van der Waals surface area contributed by atoms with Crippen LogP contribution in [0.3, 0.4) is 0 Å². The lowest BCUT2D eigenvalue weighted by molar-refractivity contribution is -0.0820. The number of hydrogen-bond donors (Lipinski definition) is 0. The van der Waals surface area contributed by atoms with Gasteiger partial charge in [-0.2, -0.15) is 13.2 Å². The minimum absolute atomic E-state index is 0.0597. The van der Waals surface area contributed by atoms with Gasteiger partial charge < -0.3 is 4.74 Å². The van der Waals surface area contributed by atoms with Gasteiger partial charge in [0.05, 0.1) is 12.2 Å². The molecule has 184 valence electrons. The molecule has 0 amide bonds. The monoisotopic (exact) mass is 470 g/mol. The molecule has 0 spiro atoms. The van der Waals surface area contributed by atoms with Crippen molar-refractivity contribution in [3.05, 3.63) is 47.0 Å². The number of ether oxygens (including phenoxy) is 1. The molecule has 2 saturated carbocycles. The Kier molecular flexibility index (Phi) is 7.82. The molecule has 0 N–H and O–H groups in total. The van der Waals surface area contributed by atoms with Gasteiger partial charge in [-0.1, -0.05) is 19.1 Å². The van der Waals surface area contributed by atoms with E-state index in [4.69, 9.17) is 4.74 Å². The minimum atomic E-state index is -4.63. The molecule has 6 heteroatoms. The molecule has 2 atom stereocenters. The van der Waals surface area contributed by atoms with Gasteiger partial charge in [-0.05, 0) is 105 Å². The first-order valence-corrected chi connectivity index (χ1v) is 12.6. The predicted octanol–water partition coefficient (Wildman–Crippen LogP) is 8.60. The van der Waals surface area contributed by atoms with Gasteiger partial charge in [0.25, 0.3) is 0 Å². The highest BCUT2D eigenvalue weighted by atomic mass is 19.4. The van der Waals surface area contributed by atoms with Gasteiger partial charge in [0.1, 0.15) is 11.6 Å². The second-order valence-corrected chi connectivity index (χ2v) is 10.6. The molecular formula is C27H35F5O. The molecular weight excluding hydrogens is 435 g/mol. The maximum atomic E-state index is 15.0. The quantitative estimate of drug-likeness (QED) is 0.400. The van der Waals surface area contributed by atoms with Crippen molar-refractivity contribution in [2.45, 2.75) is 95.2 Å². The third-order valence-electron chi connectivity index (χ3n) is 8.19. The van der Waals surface area contributed by atoms with Crippen molar-refractivity contribution in [2.24, 2.45) is 17.8 Å². The number of allylic oxidation sites excluding steroid dienone is 2. The van der Waals surface area contributed by atoms with E-state index in [0.29, 0.717) is 55.1 Å². The van der Waals surface area contributed by atoms with Crippen molar-refractivity contribution in [3.63, 3.8) is 0 Å². The van der Waals surface area contributed by atoms with Crippen LogP contribution in [0.15, 0.2) is 30.1 Å². The summed E-state index contributed by atoms with van der Waals surface area (Å²) in [5.74, 6) is -0.462. The second-order valence-electron chi connectivity index (χ2n) is 10.6. The molecule has 1 aliphatic heterocycles. The van der Waals surface area contributed by atoms with Crippen LogP contribution in [0.2, 0.25) is 0 Å². The van der Waals surface area contributed by atoms with E-state index < -0.39 is 17.9 Å². The third kappa shape index (κ3) is 6.37. The van der Waals surface area contributed by atoms with E-state index in [9.17, 15) is 17.6 Å². The van der Waals surface area contributed by atoms with Gasteiger partial charge in [-0.15, -0.1) is 0 Å². The topological polar surface area (TPSA) is 9.23 Å². The fraction of sp³-hybridized carbons (Fsp3) is 0.704. The Hall–Kier alpha value is -1.43. The van der Waals surface area contributed by atoms with Crippen molar-refractivity contribution in [2.75, 3.05) is 6.61 Å². The first-order chi connectivity index (χ1) is 15.7. The molecule has 1 aromatic rings. The smallest absolute Gasteiger partial charge is 0.378 e. The maximum absolute atomic E-state index is 15.0. The Bertz CT molecular complexity index is 808. The molecule has 2 unspecified atom stereocenters. The predicted molar refractivity (Wildman–Crippen MR) is 119 cm³/mol. The fourth-order valence-electron chi connectivity index (χ4n) is 6.18. The Morgan fingerprint density at radius 1 is 0.909 bits per heavy atom. The van der Waals surface area contributed by atoms with Crippen molar-refractivity contribution >= 4 is 0 Å². The SMILES string of the molecule is CC1CCC(C2CCC(c3ccc(C4CCC(/C(F)=C/C(F)(F)F)CC4)c(F)c3)CC2)OC1. The first kappa shape index (κ1) is 24.7. The van der Waals surface area contributed by atoms with Crippen molar-refractivity contribution in [1.82, 2.24) is 0 Å². The normalized spacial score (nSPS) is 34.3. The fourth-order valence-corrected chi connectivity index (χ4v) is 6.18. The molecule has 2 aliphatic carbocycles. The number of hydrogen-bond acceptors (Lipinski definition) is 1. The molecule has 3 fully saturated rings. The standard InChI is InChI=1S/C27H35F5O/c1-17-2-13-26(33-16-17)21-9-3-18(4-10-21)22-11-12-23(24(28)14-22)19-5-7-20(8-6-19)25(29)15-27(30,31)32/h11-12,14-15,17-21,26H,2-10,13,16H2,1H3/b25-15-. The second kappa shape index (κ2) is 10.5. The average Bonchev–Trinajstić information content (AvgIpc) is 2.79. The van der Waals surface area contributed by atoms with Crippen LogP contribution in [-0.2, 0) is 4.74 Å². The van der Waals surface area contributed by atoms with Crippen LogP contribution in [0.1, 0.15) is 94.1 Å². The largest absolute Gasteiger partial charge is 0.412 e. The lowest BCUT2D eigenvalue weighted by Gasteiger charge is -2.37. The van der Waals surface area contributed by atoms with E-state index in [-0.39, 0.29) is 17.8 Å². The Morgan fingerprint density at radius 2 is 1.58 bits per heavy atom. The van der Waals surface area contributed by atoms with Gasteiger partial charge >= 0.3 is 6.18 Å². The minimum Gasteiger partial charge on any atom is -0.378 e. The van der Waals surface area contributed by atoms with E-state index in [0.717, 1.165) is 44.3 Å². The molecule has 4 rings (SSSR count). The van der Waals surface area contributed by atoms with Crippen molar-refractivity contribution < 1.29 is 26.7 Å². The number of halogens is 5. The van der Waals surface area contributed by atoms with Gasteiger partial charge in [-0.25, -0.2) is 8.78 Å². The molecule has 1 nitrogen and oxygen atoms in total. The van der Waals surface area contributed by atoms with Crippen LogP contribution in [0.5, 0.6) is 0 Å². The summed E-state index contributed by atoms with van der Waals surface area (Å²) in [6, 6.07) is 5.54. The third-order valence-corrected chi connectivity index (χ3v) is 8.19. The molecule has 3 aliphatic rings. The van der Waals surface area contributed by atoms with Crippen LogP contribution < -0.4 is 0 Å². The molecule has 1 heterocycles. The van der Waals surface area contributed by atoms with Crippen LogP contribution in [0.25, 0.3) is 0 Å². The van der Waals surface area contributed by atoms with Gasteiger partial charge in [0.2, 0.25) is 0 Å². The summed E-state index contributed by atoms with van der Waals surface area (Å²) in [4.78, 5) is 0. The van der Waals surface area contributed by atoms with Crippen molar-refractivity contribution in [3.8, 4) is 0 Å².